The molecule has 0 spiro atoms. The summed E-state index contributed by atoms with van der Waals surface area (Å²) >= 11 is 0. The molecule has 0 radical (unpaired) electrons. The molecule has 0 saturated carbocycles. The van der Waals surface area contributed by atoms with Gasteiger partial charge in [0.25, 0.3) is 0 Å². The van der Waals surface area contributed by atoms with Crippen LogP contribution in [0.4, 0.5) is 5.95 Å². The lowest BCUT2D eigenvalue weighted by atomic mass is 10.1. The third kappa shape index (κ3) is 3.14. The van der Waals surface area contributed by atoms with Gasteiger partial charge < -0.3 is 15.2 Å². The Morgan fingerprint density at radius 2 is 1.75 bits per heavy atom. The van der Waals surface area contributed by atoms with Crippen molar-refractivity contribution >= 4 is 5.95 Å². The van der Waals surface area contributed by atoms with Gasteiger partial charge >= 0.3 is 12.0 Å². The molecular weight excluding hydrogens is 256 g/mol. The van der Waals surface area contributed by atoms with Gasteiger partial charge in [0.1, 0.15) is 5.75 Å². The molecule has 0 bridgehead atoms. The number of nitrogens with two attached hydrogens (primary N) is 1. The summed E-state index contributed by atoms with van der Waals surface area (Å²) in [6.45, 7) is 8.31. The van der Waals surface area contributed by atoms with Gasteiger partial charge in [0, 0.05) is 0 Å². The van der Waals surface area contributed by atoms with Gasteiger partial charge in [-0.2, -0.15) is 9.97 Å². The summed E-state index contributed by atoms with van der Waals surface area (Å²) in [6.07, 6.45) is 0. The summed E-state index contributed by atoms with van der Waals surface area (Å²) in [4.78, 5) is 11.9. The molecule has 1 aromatic heterocycles. The molecule has 0 amide bonds. The lowest BCUT2D eigenvalue weighted by Crippen LogP contribution is -2.05. The fourth-order valence-electron chi connectivity index (χ4n) is 1.80. The van der Waals surface area contributed by atoms with Crippen LogP contribution in [0.15, 0.2) is 12.1 Å². The first kappa shape index (κ1) is 14.0. The van der Waals surface area contributed by atoms with E-state index in [-0.39, 0.29) is 18.0 Å². The maximum Gasteiger partial charge on any atom is 0.330 e. The Morgan fingerprint density at radius 3 is 2.45 bits per heavy atom. The molecule has 1 aromatic carbocycles. The maximum atomic E-state index is 5.72. The van der Waals surface area contributed by atoms with Crippen molar-refractivity contribution in [3.8, 4) is 17.8 Å². The Bertz CT molecular complexity index is 629. The molecular formula is C14H18N4O2. The van der Waals surface area contributed by atoms with Gasteiger partial charge in [0.05, 0.1) is 6.61 Å². The van der Waals surface area contributed by atoms with E-state index in [1.165, 1.54) is 0 Å². The van der Waals surface area contributed by atoms with Gasteiger partial charge in [0.15, 0.2) is 0 Å². The van der Waals surface area contributed by atoms with Crippen LogP contribution in [-0.2, 0) is 0 Å². The van der Waals surface area contributed by atoms with E-state index in [1.807, 2.05) is 33.8 Å². The number of nitrogens with zero attached hydrogens (tertiary/aromatic N) is 3. The van der Waals surface area contributed by atoms with Gasteiger partial charge in [-0.3, -0.25) is 0 Å². The molecule has 2 N–H and O–H groups in total. The van der Waals surface area contributed by atoms with Gasteiger partial charge in [-0.15, -0.1) is 4.98 Å². The highest BCUT2D eigenvalue weighted by molar-refractivity contribution is 5.43. The van der Waals surface area contributed by atoms with E-state index in [0.29, 0.717) is 12.4 Å². The number of aryl methyl sites for hydroxylation is 2. The van der Waals surface area contributed by atoms with Crippen LogP contribution in [0.5, 0.6) is 17.8 Å². The normalized spacial score (nSPS) is 10.4. The Hall–Kier alpha value is -2.37. The lowest BCUT2D eigenvalue weighted by Gasteiger charge is -2.11. The molecule has 0 aliphatic rings. The molecule has 0 aliphatic carbocycles. The number of anilines is 1. The zero-order chi connectivity index (χ0) is 14.7. The zero-order valence-electron chi connectivity index (χ0n) is 12.1. The van der Waals surface area contributed by atoms with Crippen molar-refractivity contribution in [2.45, 2.75) is 27.7 Å². The standard InChI is InChI=1S/C14H18N4O2/c1-5-19-13-16-12(15)17-14(18-13)20-11-7-8(2)6-9(3)10(11)4/h6-7H,5H2,1-4H3,(H2,15,16,17,18). The second kappa shape index (κ2) is 5.73. The van der Waals surface area contributed by atoms with Crippen LogP contribution in [0.1, 0.15) is 23.6 Å². The highest BCUT2D eigenvalue weighted by Crippen LogP contribution is 2.27. The van der Waals surface area contributed by atoms with Crippen LogP contribution in [0.2, 0.25) is 0 Å². The number of hydrogen-bond donors (Lipinski definition) is 1. The average Bonchev–Trinajstić information content (AvgIpc) is 2.35. The minimum Gasteiger partial charge on any atom is -0.464 e. The third-order valence-electron chi connectivity index (χ3n) is 2.85. The van der Waals surface area contributed by atoms with Gasteiger partial charge in [-0.05, 0) is 50.5 Å². The third-order valence-corrected chi connectivity index (χ3v) is 2.85. The summed E-state index contributed by atoms with van der Waals surface area (Å²) in [6, 6.07) is 4.32. The highest BCUT2D eigenvalue weighted by Gasteiger charge is 2.10. The predicted octanol–water partition coefficient (Wildman–Crippen LogP) is 2.57. The average molecular weight is 274 g/mol. The first-order valence-electron chi connectivity index (χ1n) is 6.39. The molecule has 0 atom stereocenters. The van der Waals surface area contributed by atoms with Crippen molar-refractivity contribution in [2.75, 3.05) is 12.3 Å². The predicted molar refractivity (Wildman–Crippen MR) is 76.1 cm³/mol. The lowest BCUT2D eigenvalue weighted by molar-refractivity contribution is 0.304. The number of ether oxygens (including phenoxy) is 2. The summed E-state index contributed by atoms with van der Waals surface area (Å²) < 4.78 is 10.9. The number of nitrogen functional groups attached to an aromatic ring is 1. The molecule has 6 nitrogen and oxygen atoms in total. The molecule has 1 heterocycles. The van der Waals surface area contributed by atoms with E-state index in [9.17, 15) is 0 Å². The summed E-state index contributed by atoms with van der Waals surface area (Å²) in [5.41, 5.74) is 8.91. The fraction of sp³-hybridized carbons (Fsp3) is 0.357. The number of hydrogen-bond acceptors (Lipinski definition) is 6. The molecule has 6 heteroatoms. The van der Waals surface area contributed by atoms with Crippen LogP contribution in [0.25, 0.3) is 0 Å². The molecule has 0 unspecified atom stereocenters. The largest absolute Gasteiger partial charge is 0.464 e. The Morgan fingerprint density at radius 1 is 1.05 bits per heavy atom. The van der Waals surface area contributed by atoms with Crippen LogP contribution in [-0.4, -0.2) is 21.6 Å². The van der Waals surface area contributed by atoms with Crippen LogP contribution in [0, 0.1) is 20.8 Å². The van der Waals surface area contributed by atoms with E-state index < -0.39 is 0 Å². The highest BCUT2D eigenvalue weighted by atomic mass is 16.5. The summed E-state index contributed by atoms with van der Waals surface area (Å²) in [5, 5.41) is 0. The van der Waals surface area contributed by atoms with Gasteiger partial charge in [-0.1, -0.05) is 6.07 Å². The second-order valence-corrected chi connectivity index (χ2v) is 4.50. The second-order valence-electron chi connectivity index (χ2n) is 4.50. The van der Waals surface area contributed by atoms with Crippen molar-refractivity contribution in [1.82, 2.24) is 15.0 Å². The van der Waals surface area contributed by atoms with Crippen molar-refractivity contribution in [3.05, 3.63) is 28.8 Å². The summed E-state index contributed by atoms with van der Waals surface area (Å²) in [7, 11) is 0. The number of rotatable bonds is 4. The minimum atomic E-state index is 0.0699. The minimum absolute atomic E-state index is 0.0699. The first-order chi connectivity index (χ1) is 9.49. The monoisotopic (exact) mass is 274 g/mol. The van der Waals surface area contributed by atoms with Crippen molar-refractivity contribution in [1.29, 1.82) is 0 Å². The molecule has 2 aromatic rings. The van der Waals surface area contributed by atoms with E-state index in [0.717, 1.165) is 16.7 Å². The molecule has 20 heavy (non-hydrogen) atoms. The molecule has 2 rings (SSSR count). The van der Waals surface area contributed by atoms with E-state index in [2.05, 4.69) is 21.0 Å². The van der Waals surface area contributed by atoms with Crippen LogP contribution >= 0.6 is 0 Å². The van der Waals surface area contributed by atoms with Gasteiger partial charge in [-0.25, -0.2) is 0 Å². The van der Waals surface area contributed by atoms with Crippen molar-refractivity contribution in [2.24, 2.45) is 0 Å². The molecule has 0 saturated heterocycles. The maximum absolute atomic E-state index is 5.72. The molecule has 106 valence electrons. The Labute approximate surface area is 118 Å². The van der Waals surface area contributed by atoms with Crippen molar-refractivity contribution in [3.63, 3.8) is 0 Å². The van der Waals surface area contributed by atoms with Gasteiger partial charge in [0.2, 0.25) is 5.95 Å². The summed E-state index contributed by atoms with van der Waals surface area (Å²) in [5.74, 6) is 0.774. The fourth-order valence-corrected chi connectivity index (χ4v) is 1.80. The zero-order valence-corrected chi connectivity index (χ0v) is 12.1. The smallest absolute Gasteiger partial charge is 0.330 e. The topological polar surface area (TPSA) is 83.2 Å². The van der Waals surface area contributed by atoms with E-state index in [4.69, 9.17) is 15.2 Å². The van der Waals surface area contributed by atoms with Crippen LogP contribution in [0.3, 0.4) is 0 Å². The number of benzene rings is 1. The van der Waals surface area contributed by atoms with Crippen LogP contribution < -0.4 is 15.2 Å². The molecule has 0 fully saturated rings. The first-order valence-corrected chi connectivity index (χ1v) is 6.39. The Kier molecular flexibility index (Phi) is 4.02. The molecule has 0 aliphatic heterocycles. The van der Waals surface area contributed by atoms with E-state index in [1.54, 1.807) is 0 Å². The van der Waals surface area contributed by atoms with Crippen molar-refractivity contribution < 1.29 is 9.47 Å². The quantitative estimate of drug-likeness (QED) is 0.922. The van der Waals surface area contributed by atoms with E-state index >= 15 is 0 Å². The number of aromatic nitrogens is 3. The SMILES string of the molecule is CCOc1nc(N)nc(Oc2cc(C)cc(C)c2C)n1. The Balaban J connectivity index is 2.34.